The molecule has 0 spiro atoms. The van der Waals surface area contributed by atoms with Crippen LogP contribution in [0.4, 0.5) is 0 Å². The predicted octanol–water partition coefficient (Wildman–Crippen LogP) is 4.24. The molecule has 2 bridgehead atoms. The third kappa shape index (κ3) is 3.87. The van der Waals surface area contributed by atoms with E-state index in [4.69, 9.17) is 5.11 Å². The van der Waals surface area contributed by atoms with Gasteiger partial charge >= 0.3 is 5.97 Å². The number of hydrogen-bond acceptors (Lipinski definition) is 3. The molecule has 2 N–H and O–H groups in total. The van der Waals surface area contributed by atoms with Gasteiger partial charge in [0.15, 0.2) is 0 Å². The molecular formula is C26H30N2O3. The van der Waals surface area contributed by atoms with Gasteiger partial charge in [-0.15, -0.1) is 0 Å². The smallest absolute Gasteiger partial charge is 0.335 e. The highest BCUT2D eigenvalue weighted by Crippen LogP contribution is 2.47. The number of amides is 1. The molecule has 2 saturated carbocycles. The van der Waals surface area contributed by atoms with Crippen molar-refractivity contribution >= 4 is 11.9 Å². The third-order valence-corrected chi connectivity index (χ3v) is 7.57. The highest BCUT2D eigenvalue weighted by molar-refractivity contribution is 5.87. The number of carboxylic acid groups (broad SMARTS) is 1. The molecule has 5 nitrogen and oxygen atoms in total. The van der Waals surface area contributed by atoms with Gasteiger partial charge in [0.05, 0.1) is 17.1 Å². The molecule has 2 aliphatic carbocycles. The zero-order valence-corrected chi connectivity index (χ0v) is 18.0. The summed E-state index contributed by atoms with van der Waals surface area (Å²) >= 11 is 0. The molecule has 2 aromatic carbocycles. The maximum Gasteiger partial charge on any atom is 0.335 e. The number of aromatic carboxylic acids is 1. The number of nitrogens with zero attached hydrogens (tertiary/aromatic N) is 1. The van der Waals surface area contributed by atoms with Crippen LogP contribution in [0.3, 0.4) is 0 Å². The van der Waals surface area contributed by atoms with Gasteiger partial charge in [-0.25, -0.2) is 4.79 Å². The van der Waals surface area contributed by atoms with Crippen LogP contribution < -0.4 is 5.32 Å². The zero-order valence-electron chi connectivity index (χ0n) is 18.0. The molecule has 4 fully saturated rings. The van der Waals surface area contributed by atoms with Crippen molar-refractivity contribution in [2.75, 3.05) is 0 Å². The summed E-state index contributed by atoms with van der Waals surface area (Å²) in [6.07, 6.45) is 6.44. The normalized spacial score (nSPS) is 26.4. The molecule has 5 heteroatoms. The van der Waals surface area contributed by atoms with E-state index in [9.17, 15) is 9.59 Å². The Balaban J connectivity index is 1.35. The Kier molecular flexibility index (Phi) is 5.09. The highest BCUT2D eigenvalue weighted by Gasteiger charge is 2.50. The Bertz CT molecular complexity index is 971. The summed E-state index contributed by atoms with van der Waals surface area (Å²) in [7, 11) is 0. The van der Waals surface area contributed by atoms with Crippen LogP contribution in [0.25, 0.3) is 0 Å². The predicted molar refractivity (Wildman–Crippen MR) is 119 cm³/mol. The van der Waals surface area contributed by atoms with Gasteiger partial charge < -0.3 is 10.4 Å². The van der Waals surface area contributed by atoms with Crippen molar-refractivity contribution in [3.63, 3.8) is 0 Å². The van der Waals surface area contributed by atoms with Crippen LogP contribution in [-0.2, 0) is 16.9 Å². The summed E-state index contributed by atoms with van der Waals surface area (Å²) in [4.78, 5) is 27.2. The number of rotatable bonds is 6. The van der Waals surface area contributed by atoms with Crippen LogP contribution in [0.1, 0.15) is 65.6 Å². The number of fused-ring (bicyclic) bond motifs is 3. The van der Waals surface area contributed by atoms with Crippen molar-refractivity contribution in [3.8, 4) is 0 Å². The van der Waals surface area contributed by atoms with E-state index in [1.54, 1.807) is 12.1 Å². The third-order valence-electron chi connectivity index (χ3n) is 7.57. The molecule has 2 aromatic rings. The van der Waals surface area contributed by atoms with E-state index in [1.807, 2.05) is 12.1 Å². The van der Waals surface area contributed by atoms with Gasteiger partial charge in [-0.05, 0) is 74.6 Å². The second-order valence-corrected chi connectivity index (χ2v) is 9.63. The van der Waals surface area contributed by atoms with Crippen molar-refractivity contribution in [2.24, 2.45) is 5.92 Å². The van der Waals surface area contributed by atoms with E-state index >= 15 is 0 Å². The Morgan fingerprint density at radius 1 is 1.00 bits per heavy atom. The van der Waals surface area contributed by atoms with Gasteiger partial charge in [-0.1, -0.05) is 42.0 Å². The van der Waals surface area contributed by atoms with E-state index in [1.165, 1.54) is 24.0 Å². The standard InChI is InChI=1S/C26H30N2O3/c1-17-2-4-18(5-3-17)16-28-22-12-8-19(9-13-22)23(28)24(29)27-26(14-15-26)21-10-6-20(7-11-21)25(30)31/h2-7,10-11,19,22-23H,8-9,12-16H2,1H3,(H,27,29)(H,30,31). The molecule has 1 atom stereocenters. The first-order chi connectivity index (χ1) is 14.9. The van der Waals surface area contributed by atoms with Crippen molar-refractivity contribution in [1.29, 1.82) is 0 Å². The van der Waals surface area contributed by atoms with Gasteiger partial charge in [0.25, 0.3) is 0 Å². The summed E-state index contributed by atoms with van der Waals surface area (Å²) in [5, 5.41) is 12.5. The van der Waals surface area contributed by atoms with E-state index in [2.05, 4.69) is 41.4 Å². The van der Waals surface area contributed by atoms with Crippen molar-refractivity contribution in [3.05, 3.63) is 70.8 Å². The molecular weight excluding hydrogens is 388 g/mol. The summed E-state index contributed by atoms with van der Waals surface area (Å²) in [5.74, 6) is -0.368. The summed E-state index contributed by atoms with van der Waals surface area (Å²) in [6.45, 7) is 2.92. The Morgan fingerprint density at radius 2 is 1.65 bits per heavy atom. The van der Waals surface area contributed by atoms with Gasteiger partial charge in [0.2, 0.25) is 5.91 Å². The van der Waals surface area contributed by atoms with Crippen molar-refractivity contribution in [1.82, 2.24) is 10.2 Å². The minimum atomic E-state index is -0.926. The first-order valence-corrected chi connectivity index (χ1v) is 11.4. The summed E-state index contributed by atoms with van der Waals surface area (Å²) in [6, 6.07) is 16.0. The van der Waals surface area contributed by atoms with Gasteiger partial charge in [0, 0.05) is 12.6 Å². The number of carboxylic acids is 1. The average molecular weight is 419 g/mol. The molecule has 4 aliphatic rings. The number of carbonyl (C=O) groups is 2. The Hall–Kier alpha value is -2.66. The maximum absolute atomic E-state index is 13.6. The minimum Gasteiger partial charge on any atom is -0.478 e. The fourth-order valence-electron chi connectivity index (χ4n) is 5.60. The molecule has 1 unspecified atom stereocenters. The van der Waals surface area contributed by atoms with Gasteiger partial charge in [-0.3, -0.25) is 9.69 Å². The lowest BCUT2D eigenvalue weighted by Gasteiger charge is -2.51. The number of benzene rings is 2. The molecule has 2 saturated heterocycles. The van der Waals surface area contributed by atoms with Crippen LogP contribution in [0.15, 0.2) is 48.5 Å². The van der Waals surface area contributed by atoms with E-state index < -0.39 is 5.97 Å². The fraction of sp³-hybridized carbons (Fsp3) is 0.462. The minimum absolute atomic E-state index is 0.0791. The number of hydrogen-bond donors (Lipinski definition) is 2. The van der Waals surface area contributed by atoms with Crippen LogP contribution in [-0.4, -0.2) is 34.0 Å². The first-order valence-electron chi connectivity index (χ1n) is 11.4. The number of nitrogens with one attached hydrogen (secondary N) is 1. The first kappa shape index (κ1) is 20.3. The van der Waals surface area contributed by atoms with E-state index in [0.29, 0.717) is 12.0 Å². The number of aryl methyl sites for hydroxylation is 1. The molecule has 2 heterocycles. The number of piperidine rings is 2. The molecule has 6 rings (SSSR count). The van der Waals surface area contributed by atoms with Crippen molar-refractivity contribution in [2.45, 2.75) is 69.6 Å². The second-order valence-electron chi connectivity index (χ2n) is 9.63. The molecule has 2 aliphatic heterocycles. The van der Waals surface area contributed by atoms with Gasteiger partial charge in [-0.2, -0.15) is 0 Å². The maximum atomic E-state index is 13.6. The lowest BCUT2D eigenvalue weighted by molar-refractivity contribution is -0.137. The summed E-state index contributed by atoms with van der Waals surface area (Å²) < 4.78 is 0. The lowest BCUT2D eigenvalue weighted by atomic mass is 9.74. The van der Waals surface area contributed by atoms with Crippen LogP contribution in [0, 0.1) is 12.8 Å². The van der Waals surface area contributed by atoms with E-state index in [-0.39, 0.29) is 23.1 Å². The quantitative estimate of drug-likeness (QED) is 0.736. The van der Waals surface area contributed by atoms with Crippen molar-refractivity contribution < 1.29 is 14.7 Å². The van der Waals surface area contributed by atoms with Crippen LogP contribution >= 0.6 is 0 Å². The molecule has 0 aromatic heterocycles. The zero-order chi connectivity index (χ0) is 21.6. The summed E-state index contributed by atoms with van der Waals surface area (Å²) in [5.41, 5.74) is 3.47. The van der Waals surface area contributed by atoms with Gasteiger partial charge in [0.1, 0.15) is 0 Å². The van der Waals surface area contributed by atoms with Crippen LogP contribution in [0.5, 0.6) is 0 Å². The second kappa shape index (κ2) is 7.79. The number of carbonyl (C=O) groups excluding carboxylic acids is 1. The monoisotopic (exact) mass is 418 g/mol. The molecule has 1 amide bonds. The van der Waals surface area contributed by atoms with Crippen LogP contribution in [0.2, 0.25) is 0 Å². The SMILES string of the molecule is Cc1ccc(CN2C3CCC(CC3)C2C(=O)NC2(c3ccc(C(=O)O)cc3)CC2)cc1. The average Bonchev–Trinajstić information content (AvgIpc) is 3.56. The fourth-order valence-corrected chi connectivity index (χ4v) is 5.60. The topological polar surface area (TPSA) is 69.6 Å². The lowest BCUT2D eigenvalue weighted by Crippen LogP contribution is -2.61. The largest absolute Gasteiger partial charge is 0.478 e. The molecule has 31 heavy (non-hydrogen) atoms. The Morgan fingerprint density at radius 3 is 2.23 bits per heavy atom. The molecule has 162 valence electrons. The van der Waals surface area contributed by atoms with E-state index in [0.717, 1.165) is 37.8 Å². The highest BCUT2D eigenvalue weighted by atomic mass is 16.4. The molecule has 0 radical (unpaired) electrons. The Labute approximate surface area is 183 Å².